The lowest BCUT2D eigenvalue weighted by Crippen LogP contribution is -2.42. The Kier molecular flexibility index (Phi) is 4.60. The van der Waals surface area contributed by atoms with Crippen molar-refractivity contribution in [1.82, 2.24) is 10.2 Å². The van der Waals surface area contributed by atoms with Crippen LogP contribution in [-0.2, 0) is 0 Å². The van der Waals surface area contributed by atoms with Gasteiger partial charge in [0.05, 0.1) is 0 Å². The summed E-state index contributed by atoms with van der Waals surface area (Å²) in [6.45, 7) is 3.39. The van der Waals surface area contributed by atoms with Crippen LogP contribution in [0, 0.1) is 5.92 Å². The lowest BCUT2D eigenvalue weighted by Gasteiger charge is -2.36. The highest BCUT2D eigenvalue weighted by molar-refractivity contribution is 5.94. The van der Waals surface area contributed by atoms with Crippen LogP contribution in [0.4, 0.5) is 0 Å². The van der Waals surface area contributed by atoms with Crippen LogP contribution in [0.25, 0.3) is 0 Å². The highest BCUT2D eigenvalue weighted by Gasteiger charge is 2.27. The van der Waals surface area contributed by atoms with Crippen LogP contribution in [0.15, 0.2) is 18.2 Å². The molecule has 24 heavy (non-hydrogen) atoms. The van der Waals surface area contributed by atoms with Gasteiger partial charge in [0, 0.05) is 18.2 Å². The number of benzene rings is 1. The molecule has 5 heteroatoms. The van der Waals surface area contributed by atoms with E-state index < -0.39 is 0 Å². The number of rotatable bonds is 4. The maximum absolute atomic E-state index is 12.3. The van der Waals surface area contributed by atoms with Gasteiger partial charge < -0.3 is 19.7 Å². The second-order valence-electron chi connectivity index (χ2n) is 7.20. The average Bonchev–Trinajstić information content (AvgIpc) is 3.30. The van der Waals surface area contributed by atoms with Crippen molar-refractivity contribution in [2.45, 2.75) is 44.6 Å². The predicted molar refractivity (Wildman–Crippen MR) is 91.5 cm³/mol. The third-order valence-electron chi connectivity index (χ3n) is 5.68. The van der Waals surface area contributed by atoms with Gasteiger partial charge in [-0.05, 0) is 62.9 Å². The fourth-order valence-corrected chi connectivity index (χ4v) is 4.17. The van der Waals surface area contributed by atoms with Gasteiger partial charge in [0.25, 0.3) is 5.91 Å². The standard InChI is InChI=1S/C19H26N2O3/c22-19(15-5-6-17-18(11-15)24-13-23-17)20-12-14-7-9-21(10-8-14)16-3-1-2-4-16/h5-6,11,14,16H,1-4,7-10,12-13H2,(H,20,22). The number of nitrogens with zero attached hydrogens (tertiary/aromatic N) is 1. The first-order chi connectivity index (χ1) is 11.8. The van der Waals surface area contributed by atoms with E-state index in [2.05, 4.69) is 10.2 Å². The van der Waals surface area contributed by atoms with E-state index in [1.807, 2.05) is 0 Å². The Morgan fingerprint density at radius 2 is 1.83 bits per heavy atom. The van der Waals surface area contributed by atoms with E-state index in [1.165, 1.54) is 51.6 Å². The SMILES string of the molecule is O=C(NCC1CCN(C2CCCC2)CC1)c1ccc2c(c1)OCO2. The molecule has 2 fully saturated rings. The van der Waals surface area contributed by atoms with Crippen molar-refractivity contribution in [3.05, 3.63) is 23.8 Å². The molecular weight excluding hydrogens is 304 g/mol. The van der Waals surface area contributed by atoms with Crippen LogP contribution < -0.4 is 14.8 Å². The van der Waals surface area contributed by atoms with E-state index in [9.17, 15) is 4.79 Å². The number of piperidine rings is 1. The van der Waals surface area contributed by atoms with Gasteiger partial charge in [-0.15, -0.1) is 0 Å². The van der Waals surface area contributed by atoms with Crippen LogP contribution in [0.5, 0.6) is 11.5 Å². The van der Waals surface area contributed by atoms with Crippen LogP contribution in [0.3, 0.4) is 0 Å². The molecule has 2 heterocycles. The first kappa shape index (κ1) is 15.8. The Morgan fingerprint density at radius 1 is 1.08 bits per heavy atom. The maximum atomic E-state index is 12.3. The van der Waals surface area contributed by atoms with Gasteiger partial charge >= 0.3 is 0 Å². The van der Waals surface area contributed by atoms with E-state index in [4.69, 9.17) is 9.47 Å². The summed E-state index contributed by atoms with van der Waals surface area (Å²) in [6.07, 6.45) is 7.94. The Morgan fingerprint density at radius 3 is 2.62 bits per heavy atom. The van der Waals surface area contributed by atoms with Gasteiger partial charge in [-0.3, -0.25) is 4.79 Å². The number of likely N-dealkylation sites (tertiary alicyclic amines) is 1. The quantitative estimate of drug-likeness (QED) is 0.922. The molecule has 1 aromatic rings. The average molecular weight is 330 g/mol. The number of amides is 1. The zero-order chi connectivity index (χ0) is 16.4. The topological polar surface area (TPSA) is 50.8 Å². The van der Waals surface area contributed by atoms with Crippen molar-refractivity contribution in [3.8, 4) is 11.5 Å². The summed E-state index contributed by atoms with van der Waals surface area (Å²) in [4.78, 5) is 15.0. The van der Waals surface area contributed by atoms with E-state index >= 15 is 0 Å². The van der Waals surface area contributed by atoms with E-state index in [1.54, 1.807) is 18.2 Å². The first-order valence-corrected chi connectivity index (χ1v) is 9.21. The second-order valence-corrected chi connectivity index (χ2v) is 7.20. The molecule has 1 aromatic carbocycles. The fourth-order valence-electron chi connectivity index (χ4n) is 4.17. The summed E-state index contributed by atoms with van der Waals surface area (Å²) in [5.41, 5.74) is 0.641. The number of nitrogens with one attached hydrogen (secondary N) is 1. The van der Waals surface area contributed by atoms with Crippen molar-refractivity contribution >= 4 is 5.91 Å². The van der Waals surface area contributed by atoms with Crippen molar-refractivity contribution in [3.63, 3.8) is 0 Å². The number of ether oxygens (including phenoxy) is 2. The van der Waals surface area contributed by atoms with Gasteiger partial charge in [0.15, 0.2) is 11.5 Å². The molecule has 1 saturated carbocycles. The molecule has 4 rings (SSSR count). The molecule has 1 amide bonds. The van der Waals surface area contributed by atoms with Crippen molar-refractivity contribution in [2.75, 3.05) is 26.4 Å². The van der Waals surface area contributed by atoms with Crippen LogP contribution in [0.2, 0.25) is 0 Å². The highest BCUT2D eigenvalue weighted by atomic mass is 16.7. The largest absolute Gasteiger partial charge is 0.454 e. The number of hydrogen-bond donors (Lipinski definition) is 1. The molecule has 0 radical (unpaired) electrons. The molecule has 5 nitrogen and oxygen atoms in total. The monoisotopic (exact) mass is 330 g/mol. The van der Waals surface area contributed by atoms with Crippen molar-refractivity contribution < 1.29 is 14.3 Å². The molecule has 1 aliphatic carbocycles. The molecule has 0 atom stereocenters. The lowest BCUT2D eigenvalue weighted by atomic mass is 9.95. The number of carbonyl (C=O) groups is 1. The molecule has 3 aliphatic rings. The van der Waals surface area contributed by atoms with E-state index in [-0.39, 0.29) is 12.7 Å². The van der Waals surface area contributed by atoms with Gasteiger partial charge in [0.1, 0.15) is 0 Å². The minimum Gasteiger partial charge on any atom is -0.454 e. The Bertz CT molecular complexity index is 590. The number of carbonyl (C=O) groups excluding carboxylic acids is 1. The number of fused-ring (bicyclic) bond motifs is 1. The summed E-state index contributed by atoms with van der Waals surface area (Å²) < 4.78 is 10.6. The third kappa shape index (κ3) is 3.36. The van der Waals surface area contributed by atoms with Gasteiger partial charge in [-0.1, -0.05) is 12.8 Å². The summed E-state index contributed by atoms with van der Waals surface area (Å²) >= 11 is 0. The van der Waals surface area contributed by atoms with Crippen LogP contribution >= 0.6 is 0 Å². The smallest absolute Gasteiger partial charge is 0.251 e. The summed E-state index contributed by atoms with van der Waals surface area (Å²) in [5.74, 6) is 1.95. The normalized spacial score (nSPS) is 22.0. The van der Waals surface area contributed by atoms with Crippen LogP contribution in [0.1, 0.15) is 48.9 Å². The maximum Gasteiger partial charge on any atom is 0.251 e. The molecule has 130 valence electrons. The third-order valence-corrected chi connectivity index (χ3v) is 5.68. The van der Waals surface area contributed by atoms with Gasteiger partial charge in [0.2, 0.25) is 6.79 Å². The molecule has 0 unspecified atom stereocenters. The van der Waals surface area contributed by atoms with E-state index in [0.717, 1.165) is 12.6 Å². The van der Waals surface area contributed by atoms with Gasteiger partial charge in [-0.25, -0.2) is 0 Å². The summed E-state index contributed by atoms with van der Waals surface area (Å²) in [7, 11) is 0. The zero-order valence-electron chi connectivity index (χ0n) is 14.1. The number of hydrogen-bond acceptors (Lipinski definition) is 4. The predicted octanol–water partition coefficient (Wildman–Crippen LogP) is 2.80. The van der Waals surface area contributed by atoms with E-state index in [0.29, 0.717) is 23.0 Å². The van der Waals surface area contributed by atoms with Crippen LogP contribution in [-0.4, -0.2) is 43.3 Å². The molecule has 1 N–H and O–H groups in total. The van der Waals surface area contributed by atoms with Gasteiger partial charge in [-0.2, -0.15) is 0 Å². The summed E-state index contributed by atoms with van der Waals surface area (Å²) in [5, 5.41) is 3.09. The Labute approximate surface area is 143 Å². The first-order valence-electron chi connectivity index (χ1n) is 9.21. The lowest BCUT2D eigenvalue weighted by molar-refractivity contribution is 0.0924. The second kappa shape index (κ2) is 7.01. The molecule has 0 bridgehead atoms. The molecule has 0 spiro atoms. The fraction of sp³-hybridized carbons (Fsp3) is 0.632. The van der Waals surface area contributed by atoms with Crippen molar-refractivity contribution in [2.24, 2.45) is 5.92 Å². The molecular formula is C19H26N2O3. The Hall–Kier alpha value is -1.75. The molecule has 0 aromatic heterocycles. The zero-order valence-corrected chi connectivity index (χ0v) is 14.1. The highest BCUT2D eigenvalue weighted by Crippen LogP contribution is 2.32. The minimum absolute atomic E-state index is 0.0217. The Balaban J connectivity index is 1.24. The molecule has 2 aliphatic heterocycles. The molecule has 1 saturated heterocycles. The minimum atomic E-state index is -0.0217. The van der Waals surface area contributed by atoms with Crippen molar-refractivity contribution in [1.29, 1.82) is 0 Å². The summed E-state index contributed by atoms with van der Waals surface area (Å²) in [6, 6.07) is 6.19.